The molecule has 4 nitrogen and oxygen atoms in total. The van der Waals surface area contributed by atoms with Crippen LogP contribution in [0.1, 0.15) is 18.4 Å². The Morgan fingerprint density at radius 2 is 2.38 bits per heavy atom. The number of hydrogen-bond donors (Lipinski definition) is 0. The van der Waals surface area contributed by atoms with Crippen molar-refractivity contribution in [3.63, 3.8) is 0 Å². The van der Waals surface area contributed by atoms with Crippen molar-refractivity contribution in [3.05, 3.63) is 22.4 Å². The standard InChI is InChI=1S/C16H26N2O2S/c1-17(2)10-15-3-5-16(20-15)12-18(6-7-19-13-16)9-14-4-8-21-11-14/h4,8,11,15H,3,5-7,9-10,12-13H2,1-2H3. The Morgan fingerprint density at radius 1 is 1.48 bits per heavy atom. The molecule has 2 aliphatic rings. The zero-order chi connectivity index (χ0) is 14.7. The van der Waals surface area contributed by atoms with Crippen molar-refractivity contribution >= 4 is 11.3 Å². The lowest BCUT2D eigenvalue weighted by molar-refractivity contribution is -0.0902. The Kier molecular flexibility index (Phi) is 4.96. The SMILES string of the molecule is CN(C)CC1CCC2(COCCN(Cc3ccsc3)C2)O1. The van der Waals surface area contributed by atoms with Crippen molar-refractivity contribution < 1.29 is 9.47 Å². The lowest BCUT2D eigenvalue weighted by atomic mass is 10.00. The van der Waals surface area contributed by atoms with Crippen LogP contribution in [0.2, 0.25) is 0 Å². The summed E-state index contributed by atoms with van der Waals surface area (Å²) in [5.74, 6) is 0. The minimum Gasteiger partial charge on any atom is -0.377 e. The van der Waals surface area contributed by atoms with Gasteiger partial charge in [-0.15, -0.1) is 0 Å². The van der Waals surface area contributed by atoms with Crippen molar-refractivity contribution in [1.29, 1.82) is 0 Å². The number of rotatable bonds is 4. The normalized spacial score (nSPS) is 31.1. The van der Waals surface area contributed by atoms with E-state index in [9.17, 15) is 0 Å². The van der Waals surface area contributed by atoms with Gasteiger partial charge in [0.2, 0.25) is 0 Å². The molecule has 2 saturated heterocycles. The van der Waals surface area contributed by atoms with Crippen molar-refractivity contribution in [2.75, 3.05) is 46.9 Å². The number of hydrogen-bond acceptors (Lipinski definition) is 5. The first-order chi connectivity index (χ1) is 10.2. The van der Waals surface area contributed by atoms with Gasteiger partial charge in [-0.05, 0) is 49.3 Å². The van der Waals surface area contributed by atoms with Crippen LogP contribution in [0.25, 0.3) is 0 Å². The second kappa shape index (κ2) is 6.75. The van der Waals surface area contributed by atoms with Gasteiger partial charge in [0.1, 0.15) is 5.60 Å². The molecular weight excluding hydrogens is 284 g/mol. The quantitative estimate of drug-likeness (QED) is 0.850. The van der Waals surface area contributed by atoms with Crippen LogP contribution in [0.3, 0.4) is 0 Å². The van der Waals surface area contributed by atoms with Gasteiger partial charge in [-0.1, -0.05) is 0 Å². The monoisotopic (exact) mass is 310 g/mol. The van der Waals surface area contributed by atoms with E-state index in [0.29, 0.717) is 6.10 Å². The van der Waals surface area contributed by atoms with Crippen LogP contribution in [0, 0.1) is 0 Å². The second-order valence-corrected chi connectivity index (χ2v) is 7.40. The van der Waals surface area contributed by atoms with E-state index >= 15 is 0 Å². The number of thiophene rings is 1. The lowest BCUT2D eigenvalue weighted by Gasteiger charge is -2.32. The molecule has 0 N–H and O–H groups in total. The van der Waals surface area contributed by atoms with Gasteiger partial charge in [-0.25, -0.2) is 0 Å². The molecule has 5 heteroatoms. The number of nitrogens with zero attached hydrogens (tertiary/aromatic N) is 2. The highest BCUT2D eigenvalue weighted by Crippen LogP contribution is 2.33. The summed E-state index contributed by atoms with van der Waals surface area (Å²) in [6, 6.07) is 2.22. The Hall–Kier alpha value is -0.460. The zero-order valence-corrected chi connectivity index (χ0v) is 13.9. The van der Waals surface area contributed by atoms with E-state index in [1.807, 2.05) is 0 Å². The third-order valence-electron chi connectivity index (χ3n) is 4.32. The molecule has 2 fully saturated rings. The summed E-state index contributed by atoms with van der Waals surface area (Å²) >= 11 is 1.77. The van der Waals surface area contributed by atoms with Gasteiger partial charge in [0.15, 0.2) is 0 Å². The number of likely N-dealkylation sites (N-methyl/N-ethyl adjacent to an activating group) is 1. The van der Waals surface area contributed by atoms with Gasteiger partial charge in [0.25, 0.3) is 0 Å². The molecule has 1 aromatic rings. The predicted octanol–water partition coefficient (Wildman–Crippen LogP) is 2.06. The minimum atomic E-state index is -0.0901. The molecule has 2 aliphatic heterocycles. The summed E-state index contributed by atoms with van der Waals surface area (Å²) in [7, 11) is 4.22. The van der Waals surface area contributed by atoms with E-state index in [2.05, 4.69) is 40.7 Å². The molecule has 2 unspecified atom stereocenters. The fourth-order valence-corrected chi connectivity index (χ4v) is 4.07. The molecule has 0 aromatic carbocycles. The molecule has 118 valence electrons. The van der Waals surface area contributed by atoms with E-state index in [1.54, 1.807) is 11.3 Å². The summed E-state index contributed by atoms with van der Waals surface area (Å²) in [5.41, 5.74) is 1.31. The second-order valence-electron chi connectivity index (χ2n) is 6.62. The zero-order valence-electron chi connectivity index (χ0n) is 13.1. The van der Waals surface area contributed by atoms with E-state index in [4.69, 9.17) is 9.47 Å². The fourth-order valence-electron chi connectivity index (χ4n) is 3.41. The van der Waals surface area contributed by atoms with Gasteiger partial charge >= 0.3 is 0 Å². The molecule has 1 spiro atoms. The smallest absolute Gasteiger partial charge is 0.105 e. The summed E-state index contributed by atoms with van der Waals surface area (Å²) in [4.78, 5) is 4.71. The van der Waals surface area contributed by atoms with Crippen molar-refractivity contribution in [2.24, 2.45) is 0 Å². The van der Waals surface area contributed by atoms with Gasteiger partial charge in [-0.3, -0.25) is 4.90 Å². The lowest BCUT2D eigenvalue weighted by Crippen LogP contribution is -2.44. The first-order valence-corrected chi connectivity index (χ1v) is 8.73. The molecule has 0 bridgehead atoms. The minimum absolute atomic E-state index is 0.0901. The molecule has 0 aliphatic carbocycles. The third-order valence-corrected chi connectivity index (χ3v) is 5.05. The predicted molar refractivity (Wildman–Crippen MR) is 85.8 cm³/mol. The Balaban J connectivity index is 1.62. The Morgan fingerprint density at radius 3 is 3.14 bits per heavy atom. The van der Waals surface area contributed by atoms with Crippen LogP contribution in [0.15, 0.2) is 16.8 Å². The highest BCUT2D eigenvalue weighted by Gasteiger charge is 2.43. The van der Waals surface area contributed by atoms with Crippen LogP contribution >= 0.6 is 11.3 Å². The maximum absolute atomic E-state index is 6.42. The molecular formula is C16H26N2O2S. The molecule has 3 heterocycles. The largest absolute Gasteiger partial charge is 0.377 e. The Labute approximate surface area is 131 Å². The van der Waals surface area contributed by atoms with Crippen LogP contribution < -0.4 is 0 Å². The highest BCUT2D eigenvalue weighted by molar-refractivity contribution is 7.07. The molecule has 0 amide bonds. The maximum Gasteiger partial charge on any atom is 0.105 e. The van der Waals surface area contributed by atoms with E-state index < -0.39 is 0 Å². The Bertz CT molecular complexity index is 437. The molecule has 0 radical (unpaired) electrons. The number of ether oxygens (including phenoxy) is 2. The van der Waals surface area contributed by atoms with Crippen LogP contribution in [-0.2, 0) is 16.0 Å². The van der Waals surface area contributed by atoms with Crippen molar-refractivity contribution in [2.45, 2.75) is 31.1 Å². The first-order valence-electron chi connectivity index (χ1n) is 7.79. The third kappa shape index (κ3) is 4.05. The summed E-state index contributed by atoms with van der Waals surface area (Å²) in [5, 5.41) is 4.39. The molecule has 3 rings (SSSR count). The van der Waals surface area contributed by atoms with E-state index in [1.165, 1.54) is 5.56 Å². The average molecular weight is 310 g/mol. The van der Waals surface area contributed by atoms with E-state index in [0.717, 1.165) is 52.2 Å². The fraction of sp³-hybridized carbons (Fsp3) is 0.750. The summed E-state index contributed by atoms with van der Waals surface area (Å²) in [6.07, 6.45) is 2.61. The molecule has 21 heavy (non-hydrogen) atoms. The van der Waals surface area contributed by atoms with Crippen LogP contribution in [-0.4, -0.2) is 68.4 Å². The van der Waals surface area contributed by atoms with Crippen LogP contribution in [0.5, 0.6) is 0 Å². The van der Waals surface area contributed by atoms with Crippen molar-refractivity contribution in [1.82, 2.24) is 9.80 Å². The molecule has 1 aromatic heterocycles. The summed E-state index contributed by atoms with van der Waals surface area (Å²) in [6.45, 7) is 5.57. The van der Waals surface area contributed by atoms with Gasteiger partial charge < -0.3 is 14.4 Å². The molecule has 2 atom stereocenters. The van der Waals surface area contributed by atoms with Gasteiger partial charge in [0.05, 0.1) is 19.3 Å². The topological polar surface area (TPSA) is 24.9 Å². The first kappa shape index (κ1) is 15.4. The van der Waals surface area contributed by atoms with Crippen LogP contribution in [0.4, 0.5) is 0 Å². The van der Waals surface area contributed by atoms with E-state index in [-0.39, 0.29) is 5.60 Å². The molecule has 0 saturated carbocycles. The van der Waals surface area contributed by atoms with Gasteiger partial charge in [-0.2, -0.15) is 11.3 Å². The highest BCUT2D eigenvalue weighted by atomic mass is 32.1. The van der Waals surface area contributed by atoms with Gasteiger partial charge in [0, 0.05) is 26.2 Å². The van der Waals surface area contributed by atoms with Crippen molar-refractivity contribution in [3.8, 4) is 0 Å². The maximum atomic E-state index is 6.42. The average Bonchev–Trinajstić information content (AvgIpc) is 3.00. The summed E-state index contributed by atoms with van der Waals surface area (Å²) < 4.78 is 12.3.